The summed E-state index contributed by atoms with van der Waals surface area (Å²) in [4.78, 5) is 41.2. The Hall–Kier alpha value is -3.72. The monoisotopic (exact) mass is 494 g/mol. The smallest absolute Gasteiger partial charge is 0.328 e. The van der Waals surface area contributed by atoms with Crippen LogP contribution in [0.2, 0.25) is 0 Å². The second kappa shape index (κ2) is 10.5. The van der Waals surface area contributed by atoms with E-state index in [0.29, 0.717) is 22.5 Å². The number of aromatic nitrogens is 2. The Morgan fingerprint density at radius 1 is 1.00 bits per heavy atom. The summed E-state index contributed by atoms with van der Waals surface area (Å²) in [5.74, 6) is -1.14. The summed E-state index contributed by atoms with van der Waals surface area (Å²) in [7, 11) is 0. The fraction of sp³-hybridized carbons (Fsp3) is 0.407. The van der Waals surface area contributed by atoms with E-state index < -0.39 is 23.2 Å². The molecule has 0 fully saturated rings. The molecule has 9 heteroatoms. The number of carbonyl (C=O) groups excluding carboxylic acids is 3. The number of esters is 2. The van der Waals surface area contributed by atoms with Gasteiger partial charge in [-0.1, -0.05) is 12.1 Å². The van der Waals surface area contributed by atoms with Gasteiger partial charge in [-0.15, -0.1) is 0 Å². The minimum Gasteiger partial charge on any atom is -0.460 e. The van der Waals surface area contributed by atoms with Crippen molar-refractivity contribution in [3.63, 3.8) is 0 Å². The quantitative estimate of drug-likeness (QED) is 0.479. The van der Waals surface area contributed by atoms with Crippen LogP contribution in [0.5, 0.6) is 0 Å². The maximum absolute atomic E-state index is 12.4. The molecule has 1 atom stereocenters. The van der Waals surface area contributed by atoms with E-state index in [1.807, 2.05) is 10.6 Å². The highest BCUT2D eigenvalue weighted by Crippen LogP contribution is 2.23. The fourth-order valence-electron chi connectivity index (χ4n) is 3.40. The SMILES string of the molecule is CC(C)(C)OC(=O)CCNC(=O)c1ccc(-c2cn3ccc(C(N)C(=O)OC(C)(C)C)cc3n2)cc1. The van der Waals surface area contributed by atoms with Crippen molar-refractivity contribution in [1.82, 2.24) is 14.7 Å². The molecular weight excluding hydrogens is 460 g/mol. The number of hydrogen-bond donors (Lipinski definition) is 2. The second-order valence-electron chi connectivity index (χ2n) is 10.5. The van der Waals surface area contributed by atoms with Crippen LogP contribution in [-0.4, -0.2) is 45.0 Å². The minimum atomic E-state index is -0.914. The van der Waals surface area contributed by atoms with Crippen LogP contribution in [0.15, 0.2) is 48.8 Å². The van der Waals surface area contributed by atoms with E-state index in [4.69, 9.17) is 15.2 Å². The Morgan fingerprint density at radius 3 is 2.25 bits per heavy atom. The summed E-state index contributed by atoms with van der Waals surface area (Å²) < 4.78 is 12.4. The number of pyridine rings is 1. The summed E-state index contributed by atoms with van der Waals surface area (Å²) >= 11 is 0. The lowest BCUT2D eigenvalue weighted by atomic mass is 10.1. The predicted octanol–water partition coefficient (Wildman–Crippen LogP) is 3.80. The molecule has 1 amide bonds. The first kappa shape index (κ1) is 26.9. The number of amides is 1. The zero-order valence-corrected chi connectivity index (χ0v) is 21.6. The topological polar surface area (TPSA) is 125 Å². The normalized spacial score (nSPS) is 12.8. The molecule has 36 heavy (non-hydrogen) atoms. The van der Waals surface area contributed by atoms with Gasteiger partial charge in [0.1, 0.15) is 22.9 Å². The Bertz CT molecular complexity index is 1250. The first-order valence-electron chi connectivity index (χ1n) is 11.8. The number of ether oxygens (including phenoxy) is 2. The van der Waals surface area contributed by atoms with Gasteiger partial charge in [-0.3, -0.25) is 9.59 Å². The van der Waals surface area contributed by atoms with Gasteiger partial charge in [-0.25, -0.2) is 9.78 Å². The molecule has 0 spiro atoms. The van der Waals surface area contributed by atoms with Crippen molar-refractivity contribution in [2.75, 3.05) is 6.54 Å². The molecule has 2 aromatic heterocycles. The van der Waals surface area contributed by atoms with Crippen LogP contribution in [0.3, 0.4) is 0 Å². The van der Waals surface area contributed by atoms with Crippen LogP contribution in [0.1, 0.15) is 69.9 Å². The van der Waals surface area contributed by atoms with Crippen LogP contribution in [0.4, 0.5) is 0 Å². The lowest BCUT2D eigenvalue weighted by Crippen LogP contribution is -2.31. The summed E-state index contributed by atoms with van der Waals surface area (Å²) in [6, 6.07) is 9.61. The molecule has 0 aliphatic carbocycles. The number of fused-ring (bicyclic) bond motifs is 1. The van der Waals surface area contributed by atoms with Gasteiger partial charge >= 0.3 is 11.9 Å². The Labute approximate surface area is 211 Å². The van der Waals surface area contributed by atoms with Crippen molar-refractivity contribution >= 4 is 23.5 Å². The first-order valence-corrected chi connectivity index (χ1v) is 11.8. The van der Waals surface area contributed by atoms with Crippen molar-refractivity contribution in [3.8, 4) is 11.3 Å². The van der Waals surface area contributed by atoms with Gasteiger partial charge in [0.2, 0.25) is 0 Å². The standard InChI is InChI=1S/C27H34N4O5/c1-26(2,3)35-22(32)11-13-29-24(33)18-9-7-17(8-10-18)20-16-31-14-12-19(15-21(31)30-20)23(28)25(34)36-27(4,5)6/h7-10,12,14-16,23H,11,13,28H2,1-6H3,(H,29,33). The molecule has 3 N–H and O–H groups in total. The highest BCUT2D eigenvalue weighted by Gasteiger charge is 2.24. The average Bonchev–Trinajstić information content (AvgIpc) is 3.19. The zero-order chi connectivity index (χ0) is 26.7. The van der Waals surface area contributed by atoms with Crippen molar-refractivity contribution in [1.29, 1.82) is 0 Å². The van der Waals surface area contributed by atoms with E-state index >= 15 is 0 Å². The number of nitrogens with zero attached hydrogens (tertiary/aromatic N) is 2. The highest BCUT2D eigenvalue weighted by molar-refractivity contribution is 5.94. The summed E-state index contributed by atoms with van der Waals surface area (Å²) in [6.45, 7) is 11.0. The molecule has 2 heterocycles. The number of carbonyl (C=O) groups is 3. The van der Waals surface area contributed by atoms with Crippen LogP contribution in [-0.2, 0) is 19.1 Å². The second-order valence-corrected chi connectivity index (χ2v) is 10.5. The molecule has 0 bridgehead atoms. The number of benzene rings is 1. The fourth-order valence-corrected chi connectivity index (χ4v) is 3.40. The molecule has 0 saturated heterocycles. The van der Waals surface area contributed by atoms with Gasteiger partial charge in [0.15, 0.2) is 0 Å². The molecular formula is C27H34N4O5. The maximum Gasteiger partial charge on any atom is 0.328 e. The maximum atomic E-state index is 12.4. The van der Waals surface area contributed by atoms with E-state index in [1.165, 1.54) is 0 Å². The Kier molecular flexibility index (Phi) is 7.83. The first-order chi connectivity index (χ1) is 16.7. The Balaban J connectivity index is 1.65. The molecule has 3 aromatic rings. The summed E-state index contributed by atoms with van der Waals surface area (Å²) in [5.41, 5.74) is 8.15. The van der Waals surface area contributed by atoms with Crippen molar-refractivity contribution in [2.24, 2.45) is 5.73 Å². The number of rotatable bonds is 7. The summed E-state index contributed by atoms with van der Waals surface area (Å²) in [5, 5.41) is 2.73. The molecule has 192 valence electrons. The van der Waals surface area contributed by atoms with Crippen LogP contribution in [0, 0.1) is 0 Å². The number of imidazole rings is 1. The van der Waals surface area contributed by atoms with E-state index in [0.717, 1.165) is 5.56 Å². The number of hydrogen-bond acceptors (Lipinski definition) is 7. The van der Waals surface area contributed by atoms with E-state index in [1.54, 1.807) is 84.1 Å². The van der Waals surface area contributed by atoms with Gasteiger partial charge < -0.3 is 24.9 Å². The zero-order valence-electron chi connectivity index (χ0n) is 21.6. The number of nitrogens with two attached hydrogens (primary N) is 1. The predicted molar refractivity (Wildman–Crippen MR) is 136 cm³/mol. The van der Waals surface area contributed by atoms with Crippen LogP contribution in [0.25, 0.3) is 16.9 Å². The average molecular weight is 495 g/mol. The lowest BCUT2D eigenvalue weighted by molar-refractivity contribution is -0.157. The molecule has 0 aliphatic rings. The van der Waals surface area contributed by atoms with E-state index in [9.17, 15) is 14.4 Å². The third-order valence-electron chi connectivity index (χ3n) is 4.98. The van der Waals surface area contributed by atoms with Crippen LogP contribution < -0.4 is 11.1 Å². The van der Waals surface area contributed by atoms with Gasteiger partial charge in [-0.2, -0.15) is 0 Å². The highest BCUT2D eigenvalue weighted by atomic mass is 16.6. The molecule has 3 rings (SSSR count). The Morgan fingerprint density at radius 2 is 1.64 bits per heavy atom. The summed E-state index contributed by atoms with van der Waals surface area (Å²) in [6.07, 6.45) is 3.74. The molecule has 1 unspecified atom stereocenters. The molecule has 0 saturated carbocycles. The number of nitrogens with one attached hydrogen (secondary N) is 1. The van der Waals surface area contributed by atoms with Crippen molar-refractivity contribution in [3.05, 3.63) is 59.9 Å². The van der Waals surface area contributed by atoms with E-state index in [-0.39, 0.29) is 24.8 Å². The molecule has 1 aromatic carbocycles. The molecule has 9 nitrogen and oxygen atoms in total. The minimum absolute atomic E-state index is 0.0991. The van der Waals surface area contributed by atoms with Gasteiger partial charge in [0.25, 0.3) is 5.91 Å². The third-order valence-corrected chi connectivity index (χ3v) is 4.98. The van der Waals surface area contributed by atoms with Crippen LogP contribution >= 0.6 is 0 Å². The molecule has 0 aliphatic heterocycles. The third kappa shape index (κ3) is 7.39. The largest absolute Gasteiger partial charge is 0.460 e. The van der Waals surface area contributed by atoms with Crippen molar-refractivity contribution in [2.45, 2.75) is 65.2 Å². The van der Waals surface area contributed by atoms with Gasteiger partial charge in [0, 0.05) is 30.1 Å². The molecule has 0 radical (unpaired) electrons. The van der Waals surface area contributed by atoms with Gasteiger partial charge in [0.05, 0.1) is 12.1 Å². The van der Waals surface area contributed by atoms with Crippen molar-refractivity contribution < 1.29 is 23.9 Å². The van der Waals surface area contributed by atoms with E-state index in [2.05, 4.69) is 10.3 Å². The van der Waals surface area contributed by atoms with Gasteiger partial charge in [-0.05, 0) is 71.4 Å². The lowest BCUT2D eigenvalue weighted by Gasteiger charge is -2.22.